The van der Waals surface area contributed by atoms with Crippen molar-refractivity contribution in [1.29, 1.82) is 5.26 Å². The summed E-state index contributed by atoms with van der Waals surface area (Å²) in [5.41, 5.74) is 7.13. The number of nitrogens with zero attached hydrogens (tertiary/aromatic N) is 2. The molecule has 0 radical (unpaired) electrons. The monoisotopic (exact) mass is 304 g/mol. The third kappa shape index (κ3) is 3.35. The van der Waals surface area contributed by atoms with Gasteiger partial charge in [-0.3, -0.25) is 0 Å². The van der Waals surface area contributed by atoms with Gasteiger partial charge in [-0.05, 0) is 35.6 Å². The molecule has 0 spiro atoms. The van der Waals surface area contributed by atoms with Crippen LogP contribution in [0.1, 0.15) is 11.1 Å². The van der Waals surface area contributed by atoms with Crippen LogP contribution in [0.5, 0.6) is 11.5 Å². The third-order valence-electron chi connectivity index (χ3n) is 2.98. The molecule has 0 saturated heterocycles. The molecule has 0 saturated carbocycles. The number of nitrogens with one attached hydrogen (secondary N) is 1. The number of ether oxygens (including phenoxy) is 2. The highest BCUT2D eigenvalue weighted by atomic mass is 32.1. The van der Waals surface area contributed by atoms with Crippen molar-refractivity contribution in [2.24, 2.45) is 0 Å². The molecular formula is C14H16N4O2S. The lowest BCUT2D eigenvalue weighted by atomic mass is 10.1. The summed E-state index contributed by atoms with van der Waals surface area (Å²) in [6, 6.07) is 7.84. The Balaban J connectivity index is 1.99. The van der Waals surface area contributed by atoms with Gasteiger partial charge < -0.3 is 20.5 Å². The smallest absolute Gasteiger partial charge is 0.160 e. The number of nitriles is 1. The first-order valence-corrected chi connectivity index (χ1v) is 7.07. The lowest BCUT2D eigenvalue weighted by Crippen LogP contribution is -2.05. The van der Waals surface area contributed by atoms with Crippen molar-refractivity contribution in [3.63, 3.8) is 0 Å². The molecule has 0 bridgehead atoms. The SMILES string of the molecule is COc1ccc(CCNc2snc(N)c2C#N)cc1OC. The molecule has 2 aromatic rings. The largest absolute Gasteiger partial charge is 0.493 e. The zero-order chi connectivity index (χ0) is 15.2. The summed E-state index contributed by atoms with van der Waals surface area (Å²) < 4.78 is 14.4. The summed E-state index contributed by atoms with van der Waals surface area (Å²) >= 11 is 1.20. The van der Waals surface area contributed by atoms with Crippen molar-refractivity contribution in [2.45, 2.75) is 6.42 Å². The van der Waals surface area contributed by atoms with Crippen molar-refractivity contribution in [3.05, 3.63) is 29.3 Å². The Labute approximate surface area is 127 Å². The molecule has 0 aliphatic rings. The Morgan fingerprint density at radius 1 is 1.33 bits per heavy atom. The fourth-order valence-corrected chi connectivity index (χ4v) is 2.58. The zero-order valence-electron chi connectivity index (χ0n) is 11.8. The van der Waals surface area contributed by atoms with Crippen LogP contribution in [0.2, 0.25) is 0 Å². The minimum Gasteiger partial charge on any atom is -0.493 e. The van der Waals surface area contributed by atoms with E-state index in [1.54, 1.807) is 14.2 Å². The van der Waals surface area contributed by atoms with Crippen molar-refractivity contribution in [2.75, 3.05) is 31.8 Å². The van der Waals surface area contributed by atoms with Gasteiger partial charge in [-0.1, -0.05) is 6.07 Å². The maximum Gasteiger partial charge on any atom is 0.160 e. The standard InChI is InChI=1S/C14H16N4O2S/c1-19-11-4-3-9(7-12(11)20-2)5-6-17-14-10(8-15)13(16)18-21-14/h3-4,7,17H,5-6H2,1-2H3,(H2,16,18). The summed E-state index contributed by atoms with van der Waals surface area (Å²) in [7, 11) is 3.22. The Kier molecular flexibility index (Phi) is 4.85. The molecule has 6 nitrogen and oxygen atoms in total. The van der Waals surface area contributed by atoms with Gasteiger partial charge in [0, 0.05) is 6.54 Å². The summed E-state index contributed by atoms with van der Waals surface area (Å²) in [4.78, 5) is 0. The van der Waals surface area contributed by atoms with Crippen molar-refractivity contribution >= 4 is 22.4 Å². The Morgan fingerprint density at radius 2 is 2.10 bits per heavy atom. The van der Waals surface area contributed by atoms with E-state index >= 15 is 0 Å². The number of hydrogen-bond donors (Lipinski definition) is 2. The highest BCUT2D eigenvalue weighted by molar-refractivity contribution is 7.10. The molecule has 21 heavy (non-hydrogen) atoms. The van der Waals surface area contributed by atoms with Gasteiger partial charge in [0.15, 0.2) is 17.3 Å². The lowest BCUT2D eigenvalue weighted by molar-refractivity contribution is 0.354. The zero-order valence-corrected chi connectivity index (χ0v) is 12.7. The predicted molar refractivity (Wildman–Crippen MR) is 83.0 cm³/mol. The number of nitrogens with two attached hydrogens (primary N) is 1. The number of nitrogen functional groups attached to an aromatic ring is 1. The van der Waals surface area contributed by atoms with Crippen LogP contribution in [0.25, 0.3) is 0 Å². The molecule has 110 valence electrons. The fourth-order valence-electron chi connectivity index (χ4n) is 1.89. The van der Waals surface area contributed by atoms with E-state index in [4.69, 9.17) is 20.5 Å². The topological polar surface area (TPSA) is 93.2 Å². The molecular weight excluding hydrogens is 288 g/mol. The van der Waals surface area contributed by atoms with E-state index in [9.17, 15) is 0 Å². The van der Waals surface area contributed by atoms with Gasteiger partial charge in [0.25, 0.3) is 0 Å². The van der Waals surface area contributed by atoms with Crippen molar-refractivity contribution in [1.82, 2.24) is 4.37 Å². The van der Waals surface area contributed by atoms with Crippen LogP contribution in [0.4, 0.5) is 10.8 Å². The molecule has 2 rings (SSSR count). The number of methoxy groups -OCH3 is 2. The lowest BCUT2D eigenvalue weighted by Gasteiger charge is -2.10. The van der Waals surface area contributed by atoms with E-state index in [0.717, 1.165) is 12.0 Å². The van der Waals surface area contributed by atoms with Crippen LogP contribution in [-0.2, 0) is 6.42 Å². The van der Waals surface area contributed by atoms with E-state index in [1.165, 1.54) is 11.5 Å². The van der Waals surface area contributed by atoms with Crippen LogP contribution in [0, 0.1) is 11.3 Å². The van der Waals surface area contributed by atoms with E-state index in [-0.39, 0.29) is 5.82 Å². The van der Waals surface area contributed by atoms with E-state index < -0.39 is 0 Å². The Hall–Kier alpha value is -2.46. The second-order valence-electron chi connectivity index (χ2n) is 4.25. The van der Waals surface area contributed by atoms with Crippen molar-refractivity contribution in [3.8, 4) is 17.6 Å². The minimum absolute atomic E-state index is 0.274. The number of anilines is 2. The average Bonchev–Trinajstić information content (AvgIpc) is 2.87. The van der Waals surface area contributed by atoms with Gasteiger partial charge in [0.05, 0.1) is 14.2 Å². The van der Waals surface area contributed by atoms with Crippen LogP contribution in [0.3, 0.4) is 0 Å². The quantitative estimate of drug-likeness (QED) is 0.850. The molecule has 7 heteroatoms. The highest BCUT2D eigenvalue weighted by Crippen LogP contribution is 2.28. The fraction of sp³-hybridized carbons (Fsp3) is 0.286. The normalized spacial score (nSPS) is 9.95. The van der Waals surface area contributed by atoms with Gasteiger partial charge in [-0.15, -0.1) is 0 Å². The van der Waals surface area contributed by atoms with Crippen molar-refractivity contribution < 1.29 is 9.47 Å². The summed E-state index contributed by atoms with van der Waals surface area (Å²) in [5, 5.41) is 12.9. The molecule has 3 N–H and O–H groups in total. The Morgan fingerprint density at radius 3 is 2.76 bits per heavy atom. The molecule has 0 aliphatic carbocycles. The first-order valence-electron chi connectivity index (χ1n) is 6.29. The molecule has 0 fully saturated rings. The molecule has 0 aliphatic heterocycles. The first kappa shape index (κ1) is 14.9. The Bertz CT molecular complexity index is 663. The van der Waals surface area contributed by atoms with Gasteiger partial charge in [0.2, 0.25) is 0 Å². The number of rotatable bonds is 6. The maximum atomic E-state index is 9.00. The predicted octanol–water partition coefficient (Wildman–Crippen LogP) is 2.27. The second kappa shape index (κ2) is 6.81. The van der Waals surface area contributed by atoms with Gasteiger partial charge in [0.1, 0.15) is 16.6 Å². The number of aromatic nitrogens is 1. The molecule has 1 heterocycles. The third-order valence-corrected chi connectivity index (χ3v) is 3.80. The summed E-state index contributed by atoms with van der Waals surface area (Å²) in [6.07, 6.45) is 0.781. The number of hydrogen-bond acceptors (Lipinski definition) is 7. The summed E-state index contributed by atoms with van der Waals surface area (Å²) in [6.45, 7) is 0.672. The summed E-state index contributed by atoms with van der Waals surface area (Å²) in [5.74, 6) is 1.68. The van der Waals surface area contributed by atoms with E-state index in [1.807, 2.05) is 24.3 Å². The van der Waals surface area contributed by atoms with Crippen LogP contribution in [0.15, 0.2) is 18.2 Å². The maximum absolute atomic E-state index is 9.00. The van der Waals surface area contributed by atoms with Crippen LogP contribution in [-0.4, -0.2) is 25.1 Å². The molecule has 0 atom stereocenters. The molecule has 1 aromatic heterocycles. The molecule has 0 unspecified atom stereocenters. The van der Waals surface area contributed by atoms with Gasteiger partial charge >= 0.3 is 0 Å². The van der Waals surface area contributed by atoms with Crippen LogP contribution >= 0.6 is 11.5 Å². The highest BCUT2D eigenvalue weighted by Gasteiger charge is 2.10. The van der Waals surface area contributed by atoms with Crippen LogP contribution < -0.4 is 20.5 Å². The van der Waals surface area contributed by atoms with Gasteiger partial charge in [-0.25, -0.2) is 0 Å². The molecule has 1 aromatic carbocycles. The number of benzene rings is 1. The average molecular weight is 304 g/mol. The van der Waals surface area contributed by atoms with Gasteiger partial charge in [-0.2, -0.15) is 9.64 Å². The first-order chi connectivity index (χ1) is 10.2. The molecule has 0 amide bonds. The minimum atomic E-state index is 0.274. The van der Waals surface area contributed by atoms with E-state index in [2.05, 4.69) is 9.69 Å². The second-order valence-corrected chi connectivity index (χ2v) is 5.02. The van der Waals surface area contributed by atoms with E-state index in [0.29, 0.717) is 28.6 Å².